The minimum Gasteiger partial charge on any atom is -0.305 e. The molecule has 0 atom stereocenters. The molecule has 0 heterocycles. The molecular weight excluding hydrogens is 351 g/mol. The second kappa shape index (κ2) is 7.61. The highest BCUT2D eigenvalue weighted by molar-refractivity contribution is 7.89. The Morgan fingerprint density at radius 1 is 0.958 bits per heavy atom. The number of nitrogens with zero attached hydrogens (tertiary/aromatic N) is 2. The molecule has 2 aromatic rings. The average Bonchev–Trinajstić information content (AvgIpc) is 2.48. The SMILES string of the molecule is CN(C)Cc1ccc(CN(C)S(=O)(=O)c2ccc(Cl)cc2F)cc1. The van der Waals surface area contributed by atoms with Gasteiger partial charge in [-0.2, -0.15) is 4.31 Å². The third kappa shape index (κ3) is 4.54. The monoisotopic (exact) mass is 370 g/mol. The molecule has 4 nitrogen and oxygen atoms in total. The van der Waals surface area contributed by atoms with E-state index in [9.17, 15) is 12.8 Å². The van der Waals surface area contributed by atoms with Crippen LogP contribution in [0.5, 0.6) is 0 Å². The Kier molecular flexibility index (Phi) is 5.98. The van der Waals surface area contributed by atoms with Gasteiger partial charge in [-0.15, -0.1) is 0 Å². The number of halogens is 2. The van der Waals surface area contributed by atoms with E-state index < -0.39 is 15.8 Å². The molecule has 0 fully saturated rings. The molecule has 0 saturated carbocycles. The lowest BCUT2D eigenvalue weighted by Crippen LogP contribution is -2.27. The maximum absolute atomic E-state index is 13.9. The number of hydrogen-bond donors (Lipinski definition) is 0. The van der Waals surface area contributed by atoms with Crippen LogP contribution in [-0.4, -0.2) is 38.8 Å². The van der Waals surface area contributed by atoms with Crippen LogP contribution in [0, 0.1) is 5.82 Å². The largest absolute Gasteiger partial charge is 0.305 e. The normalized spacial score (nSPS) is 12.1. The van der Waals surface area contributed by atoms with Crippen LogP contribution in [0.25, 0.3) is 0 Å². The maximum Gasteiger partial charge on any atom is 0.246 e. The molecule has 0 aliphatic heterocycles. The van der Waals surface area contributed by atoms with Crippen LogP contribution in [0.1, 0.15) is 11.1 Å². The van der Waals surface area contributed by atoms with Crippen molar-refractivity contribution in [1.29, 1.82) is 0 Å². The van der Waals surface area contributed by atoms with Crippen LogP contribution in [-0.2, 0) is 23.1 Å². The Balaban J connectivity index is 2.17. The quantitative estimate of drug-likeness (QED) is 0.782. The summed E-state index contributed by atoms with van der Waals surface area (Å²) in [5.41, 5.74) is 1.97. The molecule has 2 rings (SSSR count). The van der Waals surface area contributed by atoms with E-state index >= 15 is 0 Å². The van der Waals surface area contributed by atoms with Gasteiger partial charge >= 0.3 is 0 Å². The van der Waals surface area contributed by atoms with E-state index in [0.29, 0.717) is 0 Å². The second-order valence-corrected chi connectivity index (χ2v) is 8.34. The van der Waals surface area contributed by atoms with Gasteiger partial charge in [0.2, 0.25) is 10.0 Å². The molecular formula is C17H20ClFN2O2S. The summed E-state index contributed by atoms with van der Waals surface area (Å²) in [5.74, 6) is -0.851. The van der Waals surface area contributed by atoms with Crippen molar-refractivity contribution in [2.45, 2.75) is 18.0 Å². The molecule has 0 aliphatic rings. The highest BCUT2D eigenvalue weighted by atomic mass is 35.5. The number of hydrogen-bond acceptors (Lipinski definition) is 3. The van der Waals surface area contributed by atoms with E-state index in [4.69, 9.17) is 11.6 Å². The van der Waals surface area contributed by atoms with E-state index in [1.807, 2.05) is 38.4 Å². The van der Waals surface area contributed by atoms with Crippen LogP contribution >= 0.6 is 11.6 Å². The fourth-order valence-electron chi connectivity index (χ4n) is 2.31. The molecule has 0 amide bonds. The van der Waals surface area contributed by atoms with Crippen molar-refractivity contribution in [3.8, 4) is 0 Å². The average molecular weight is 371 g/mol. The fraction of sp³-hybridized carbons (Fsp3) is 0.294. The van der Waals surface area contributed by atoms with Crippen LogP contribution in [0.4, 0.5) is 4.39 Å². The Labute approximate surface area is 147 Å². The van der Waals surface area contributed by atoms with E-state index in [2.05, 4.69) is 4.90 Å². The van der Waals surface area contributed by atoms with Gasteiger partial charge in [0.1, 0.15) is 10.7 Å². The van der Waals surface area contributed by atoms with E-state index in [-0.39, 0.29) is 16.5 Å². The molecule has 0 spiro atoms. The first-order valence-corrected chi connectivity index (χ1v) is 9.16. The topological polar surface area (TPSA) is 40.6 Å². The summed E-state index contributed by atoms with van der Waals surface area (Å²) in [6, 6.07) is 11.2. The van der Waals surface area contributed by atoms with Gasteiger partial charge in [0.05, 0.1) is 0 Å². The third-order valence-electron chi connectivity index (χ3n) is 3.51. The van der Waals surface area contributed by atoms with Crippen molar-refractivity contribution in [2.75, 3.05) is 21.1 Å². The van der Waals surface area contributed by atoms with E-state index in [0.717, 1.165) is 28.0 Å². The predicted molar refractivity (Wildman–Crippen MR) is 93.9 cm³/mol. The Morgan fingerprint density at radius 2 is 1.50 bits per heavy atom. The summed E-state index contributed by atoms with van der Waals surface area (Å²) in [6.07, 6.45) is 0. The molecule has 0 bridgehead atoms. The molecule has 0 saturated heterocycles. The van der Waals surface area contributed by atoms with Crippen molar-refractivity contribution in [3.05, 3.63) is 64.4 Å². The number of rotatable bonds is 6. The van der Waals surface area contributed by atoms with Gasteiger partial charge < -0.3 is 4.90 Å². The molecule has 0 N–H and O–H groups in total. The molecule has 24 heavy (non-hydrogen) atoms. The minimum atomic E-state index is -3.92. The maximum atomic E-state index is 13.9. The molecule has 0 unspecified atom stereocenters. The van der Waals surface area contributed by atoms with Crippen LogP contribution in [0.3, 0.4) is 0 Å². The Hall–Kier alpha value is -1.47. The lowest BCUT2D eigenvalue weighted by Gasteiger charge is -2.18. The lowest BCUT2D eigenvalue weighted by molar-refractivity contribution is 0.402. The molecule has 0 aromatic heterocycles. The van der Waals surface area contributed by atoms with Gasteiger partial charge in [-0.1, -0.05) is 35.9 Å². The smallest absolute Gasteiger partial charge is 0.246 e. The molecule has 7 heteroatoms. The first kappa shape index (κ1) is 18.9. The zero-order chi connectivity index (χ0) is 17.9. The summed E-state index contributed by atoms with van der Waals surface area (Å²) in [7, 11) is 1.47. The number of benzene rings is 2. The molecule has 2 aromatic carbocycles. The summed E-state index contributed by atoms with van der Waals surface area (Å²) in [6.45, 7) is 0.969. The summed E-state index contributed by atoms with van der Waals surface area (Å²) in [4.78, 5) is 1.67. The zero-order valence-corrected chi connectivity index (χ0v) is 15.4. The van der Waals surface area contributed by atoms with Crippen molar-refractivity contribution in [1.82, 2.24) is 9.21 Å². The van der Waals surface area contributed by atoms with Gasteiger partial charge in [-0.3, -0.25) is 0 Å². The highest BCUT2D eigenvalue weighted by Gasteiger charge is 2.24. The fourth-order valence-corrected chi connectivity index (χ4v) is 3.67. The van der Waals surface area contributed by atoms with E-state index in [1.165, 1.54) is 19.2 Å². The minimum absolute atomic E-state index is 0.158. The highest BCUT2D eigenvalue weighted by Crippen LogP contribution is 2.23. The zero-order valence-electron chi connectivity index (χ0n) is 13.8. The Bertz CT molecular complexity index is 808. The predicted octanol–water partition coefficient (Wildman–Crippen LogP) is 3.36. The molecule has 130 valence electrons. The standard InChI is InChI=1S/C17H20ClFN2O2S/c1-20(2)11-13-4-6-14(7-5-13)12-21(3)24(22,23)17-9-8-15(18)10-16(17)19/h4-10H,11-12H2,1-3H3. The van der Waals surface area contributed by atoms with Crippen LogP contribution in [0.2, 0.25) is 5.02 Å². The van der Waals surface area contributed by atoms with Crippen molar-refractivity contribution < 1.29 is 12.8 Å². The summed E-state index contributed by atoms with van der Waals surface area (Å²) < 4.78 is 40.1. The van der Waals surface area contributed by atoms with Crippen LogP contribution < -0.4 is 0 Å². The Morgan fingerprint density at radius 3 is 2.00 bits per heavy atom. The van der Waals surface area contributed by atoms with Crippen LogP contribution in [0.15, 0.2) is 47.4 Å². The summed E-state index contributed by atoms with van der Waals surface area (Å²) in [5, 5.41) is 0.158. The van der Waals surface area contributed by atoms with Gasteiger partial charge in [0, 0.05) is 25.2 Å². The van der Waals surface area contributed by atoms with E-state index in [1.54, 1.807) is 0 Å². The first-order valence-electron chi connectivity index (χ1n) is 7.34. The second-order valence-electron chi connectivity index (χ2n) is 5.89. The van der Waals surface area contributed by atoms with Gasteiger partial charge in [0.15, 0.2) is 0 Å². The first-order chi connectivity index (χ1) is 11.2. The van der Waals surface area contributed by atoms with Crippen molar-refractivity contribution >= 4 is 21.6 Å². The lowest BCUT2D eigenvalue weighted by atomic mass is 10.1. The molecule has 0 radical (unpaired) electrons. The van der Waals surface area contributed by atoms with Gasteiger partial charge in [0.25, 0.3) is 0 Å². The summed E-state index contributed by atoms with van der Waals surface area (Å²) >= 11 is 5.68. The molecule has 0 aliphatic carbocycles. The van der Waals surface area contributed by atoms with Crippen molar-refractivity contribution in [2.24, 2.45) is 0 Å². The van der Waals surface area contributed by atoms with Crippen molar-refractivity contribution in [3.63, 3.8) is 0 Å². The third-order valence-corrected chi connectivity index (χ3v) is 5.58. The van der Waals surface area contributed by atoms with Gasteiger partial charge in [-0.25, -0.2) is 12.8 Å². The number of sulfonamides is 1. The van der Waals surface area contributed by atoms with Gasteiger partial charge in [-0.05, 0) is 43.4 Å².